The van der Waals surface area contributed by atoms with Crippen molar-refractivity contribution in [1.82, 2.24) is 0 Å². The van der Waals surface area contributed by atoms with Gasteiger partial charge >= 0.3 is 0 Å². The van der Waals surface area contributed by atoms with Crippen molar-refractivity contribution in [1.29, 1.82) is 0 Å². The van der Waals surface area contributed by atoms with Gasteiger partial charge in [0.2, 0.25) is 0 Å². The molecule has 5 heteroatoms. The molecule has 1 N–H and O–H groups in total. The van der Waals surface area contributed by atoms with E-state index < -0.39 is 16.9 Å². The number of rotatable bonds is 4. The predicted octanol–water partition coefficient (Wildman–Crippen LogP) is 2.48. The normalized spacial score (nSPS) is 12.8. The Balaban J connectivity index is 2.90. The minimum absolute atomic E-state index is 0.151. The fourth-order valence-electron chi connectivity index (χ4n) is 1.14. The highest BCUT2D eigenvalue weighted by atomic mass is 79.9. The first-order valence-electron chi connectivity index (χ1n) is 4.04. The summed E-state index contributed by atoms with van der Waals surface area (Å²) in [4.78, 5) is 0. The van der Waals surface area contributed by atoms with Crippen LogP contribution in [0, 0.1) is 5.82 Å². The molecule has 0 aliphatic heterocycles. The number of halogens is 2. The van der Waals surface area contributed by atoms with Gasteiger partial charge in [0, 0.05) is 10.9 Å². The van der Waals surface area contributed by atoms with E-state index in [0.717, 1.165) is 17.3 Å². The number of alkyl halides is 1. The summed E-state index contributed by atoms with van der Waals surface area (Å²) in [6.45, 7) is 0. The van der Waals surface area contributed by atoms with Gasteiger partial charge in [-0.25, -0.2) is 8.60 Å². The third-order valence-corrected chi connectivity index (χ3v) is 2.73. The van der Waals surface area contributed by atoms with Crippen LogP contribution in [0.3, 0.4) is 0 Å². The highest BCUT2D eigenvalue weighted by Crippen LogP contribution is 2.13. The summed E-state index contributed by atoms with van der Waals surface area (Å²) >= 11 is 1.29. The molecule has 0 bridgehead atoms. The van der Waals surface area contributed by atoms with Crippen LogP contribution in [0.2, 0.25) is 0 Å². The summed E-state index contributed by atoms with van der Waals surface area (Å²) in [5.74, 6) is -0.576. The predicted molar refractivity (Wildman–Crippen MR) is 58.4 cm³/mol. The first kappa shape index (κ1) is 11.8. The van der Waals surface area contributed by atoms with Crippen LogP contribution in [-0.2, 0) is 23.3 Å². The lowest BCUT2D eigenvalue weighted by Gasteiger charge is -2.03. The van der Waals surface area contributed by atoms with Gasteiger partial charge in [-0.05, 0) is 18.1 Å². The van der Waals surface area contributed by atoms with Gasteiger partial charge in [0.25, 0.3) is 0 Å². The van der Waals surface area contributed by atoms with Crippen molar-refractivity contribution in [3.63, 3.8) is 0 Å². The quantitative estimate of drug-likeness (QED) is 0.680. The van der Waals surface area contributed by atoms with Crippen molar-refractivity contribution < 1.29 is 13.2 Å². The molecule has 0 aliphatic rings. The van der Waals surface area contributed by atoms with Gasteiger partial charge in [-0.3, -0.25) is 0 Å². The van der Waals surface area contributed by atoms with E-state index in [9.17, 15) is 8.60 Å². The summed E-state index contributed by atoms with van der Waals surface area (Å²) in [7, 11) is 0. The highest BCUT2D eigenvalue weighted by Gasteiger charge is 2.06. The summed E-state index contributed by atoms with van der Waals surface area (Å²) in [6.07, 6.45) is 0.783. The zero-order chi connectivity index (χ0) is 10.6. The monoisotopic (exact) mass is 280 g/mol. The molecule has 1 atom stereocenters. The zero-order valence-corrected chi connectivity index (χ0v) is 9.78. The van der Waals surface area contributed by atoms with E-state index in [2.05, 4.69) is 15.9 Å². The number of benzene rings is 1. The second-order valence-electron chi connectivity index (χ2n) is 2.83. The SMILES string of the molecule is O=S(O)Cc1cc(CCBr)ccc1F. The Labute approximate surface area is 92.9 Å². The van der Waals surface area contributed by atoms with Crippen LogP contribution >= 0.6 is 15.9 Å². The van der Waals surface area contributed by atoms with Crippen LogP contribution in [0.5, 0.6) is 0 Å². The Hall–Kier alpha value is -0.260. The Morgan fingerprint density at radius 2 is 2.21 bits per heavy atom. The summed E-state index contributed by atoms with van der Waals surface area (Å²) in [5, 5.41) is 0.792. The molecular weight excluding hydrogens is 271 g/mol. The molecule has 1 rings (SSSR count). The molecule has 0 aliphatic carbocycles. The Bertz CT molecular complexity index is 344. The number of aryl methyl sites for hydroxylation is 1. The standard InChI is InChI=1S/C9H10BrFO2S/c10-4-3-7-1-2-9(11)8(5-7)6-14(12)13/h1-2,5H,3-4,6H2,(H,12,13). The second kappa shape index (κ2) is 5.58. The first-order chi connectivity index (χ1) is 6.63. The molecule has 0 saturated heterocycles. The van der Waals surface area contributed by atoms with E-state index in [4.69, 9.17) is 4.55 Å². The second-order valence-corrected chi connectivity index (χ2v) is 4.56. The zero-order valence-electron chi connectivity index (χ0n) is 7.37. The average Bonchev–Trinajstić information content (AvgIpc) is 2.10. The third-order valence-electron chi connectivity index (χ3n) is 1.77. The lowest BCUT2D eigenvalue weighted by Crippen LogP contribution is -1.98. The van der Waals surface area contributed by atoms with Crippen LogP contribution in [0.1, 0.15) is 11.1 Å². The molecule has 0 saturated carbocycles. The lowest BCUT2D eigenvalue weighted by molar-refractivity contribution is 0.559. The lowest BCUT2D eigenvalue weighted by atomic mass is 10.1. The summed E-state index contributed by atoms with van der Waals surface area (Å²) in [6, 6.07) is 4.64. The fraction of sp³-hybridized carbons (Fsp3) is 0.333. The molecular formula is C9H10BrFO2S. The van der Waals surface area contributed by atoms with E-state index in [1.807, 2.05) is 0 Å². The van der Waals surface area contributed by atoms with E-state index in [1.165, 1.54) is 6.07 Å². The summed E-state index contributed by atoms with van der Waals surface area (Å²) < 4.78 is 32.3. The van der Waals surface area contributed by atoms with Crippen molar-refractivity contribution in [2.45, 2.75) is 12.2 Å². The van der Waals surface area contributed by atoms with Crippen LogP contribution in [0.25, 0.3) is 0 Å². The molecule has 0 amide bonds. The molecule has 1 aromatic rings. The topological polar surface area (TPSA) is 37.3 Å². The van der Waals surface area contributed by atoms with E-state index in [-0.39, 0.29) is 5.75 Å². The third kappa shape index (κ3) is 3.48. The highest BCUT2D eigenvalue weighted by molar-refractivity contribution is 9.09. The number of hydrogen-bond acceptors (Lipinski definition) is 1. The molecule has 0 heterocycles. The Morgan fingerprint density at radius 1 is 1.50 bits per heavy atom. The minimum atomic E-state index is -1.99. The van der Waals surface area contributed by atoms with Crippen molar-refractivity contribution in [3.05, 3.63) is 35.1 Å². The number of hydrogen-bond donors (Lipinski definition) is 1. The van der Waals surface area contributed by atoms with Gasteiger partial charge in [-0.1, -0.05) is 28.1 Å². The van der Waals surface area contributed by atoms with Crippen molar-refractivity contribution in [2.24, 2.45) is 0 Å². The Kier molecular flexibility index (Phi) is 4.71. The molecule has 1 aromatic carbocycles. The van der Waals surface area contributed by atoms with Crippen LogP contribution in [0.15, 0.2) is 18.2 Å². The van der Waals surface area contributed by atoms with Crippen molar-refractivity contribution in [3.8, 4) is 0 Å². The maximum absolute atomic E-state index is 13.1. The van der Waals surface area contributed by atoms with E-state index >= 15 is 0 Å². The molecule has 0 radical (unpaired) electrons. The largest absolute Gasteiger partial charge is 0.306 e. The fourth-order valence-corrected chi connectivity index (χ4v) is 2.08. The average molecular weight is 281 g/mol. The van der Waals surface area contributed by atoms with Crippen LogP contribution < -0.4 is 0 Å². The van der Waals surface area contributed by atoms with Gasteiger partial charge < -0.3 is 4.55 Å². The van der Waals surface area contributed by atoms with E-state index in [1.54, 1.807) is 12.1 Å². The molecule has 78 valence electrons. The Morgan fingerprint density at radius 3 is 2.79 bits per heavy atom. The van der Waals surface area contributed by atoms with E-state index in [0.29, 0.717) is 5.56 Å². The molecule has 14 heavy (non-hydrogen) atoms. The van der Waals surface area contributed by atoms with Gasteiger partial charge in [0.05, 0.1) is 5.75 Å². The van der Waals surface area contributed by atoms with Gasteiger partial charge in [0.1, 0.15) is 5.82 Å². The minimum Gasteiger partial charge on any atom is -0.306 e. The molecule has 2 nitrogen and oxygen atoms in total. The molecule has 0 aromatic heterocycles. The molecule has 0 spiro atoms. The molecule has 0 fully saturated rings. The first-order valence-corrected chi connectivity index (χ1v) is 6.44. The van der Waals surface area contributed by atoms with Crippen molar-refractivity contribution >= 4 is 27.0 Å². The maximum Gasteiger partial charge on any atom is 0.157 e. The van der Waals surface area contributed by atoms with Crippen LogP contribution in [0.4, 0.5) is 4.39 Å². The molecule has 1 unspecified atom stereocenters. The van der Waals surface area contributed by atoms with Gasteiger partial charge in [-0.15, -0.1) is 0 Å². The summed E-state index contributed by atoms with van der Waals surface area (Å²) in [5.41, 5.74) is 1.26. The van der Waals surface area contributed by atoms with Crippen LogP contribution in [-0.4, -0.2) is 14.1 Å². The van der Waals surface area contributed by atoms with Gasteiger partial charge in [0.15, 0.2) is 11.1 Å². The smallest absolute Gasteiger partial charge is 0.157 e. The maximum atomic E-state index is 13.1. The van der Waals surface area contributed by atoms with Crippen molar-refractivity contribution in [2.75, 3.05) is 5.33 Å². The van der Waals surface area contributed by atoms with Gasteiger partial charge in [-0.2, -0.15) is 0 Å².